The topological polar surface area (TPSA) is 24.9 Å². The van der Waals surface area contributed by atoms with Crippen molar-refractivity contribution < 1.29 is 0 Å². The number of benzene rings is 1. The van der Waals surface area contributed by atoms with E-state index >= 15 is 0 Å². The lowest BCUT2D eigenvalue weighted by Gasteiger charge is -2.23. The predicted octanol–water partition coefficient (Wildman–Crippen LogP) is 5.18. The molecule has 3 heteroatoms. The van der Waals surface area contributed by atoms with E-state index in [2.05, 4.69) is 84.3 Å². The fraction of sp³-hybridized carbons (Fsp3) is 0.389. The number of rotatable bonds is 4. The van der Waals surface area contributed by atoms with Crippen LogP contribution in [0.4, 0.5) is 0 Å². The molecule has 0 fully saturated rings. The van der Waals surface area contributed by atoms with Crippen LogP contribution < -0.4 is 5.32 Å². The van der Waals surface area contributed by atoms with Gasteiger partial charge in [-0.2, -0.15) is 0 Å². The number of halogens is 1. The molecule has 1 aromatic heterocycles. The van der Waals surface area contributed by atoms with Crippen molar-refractivity contribution in [3.05, 3.63) is 62.9 Å². The second-order valence-electron chi connectivity index (χ2n) is 5.74. The summed E-state index contributed by atoms with van der Waals surface area (Å²) < 4.78 is 1.11. The van der Waals surface area contributed by atoms with Crippen LogP contribution in [-0.4, -0.2) is 4.98 Å². The SMILES string of the molecule is Cc1cc(C)c(C(C)N[C@@H](C)c2ccc(Br)cc2)c(C)n1. The Morgan fingerprint density at radius 3 is 2.19 bits per heavy atom. The minimum atomic E-state index is 0.275. The molecular weight excluding hydrogens is 324 g/mol. The summed E-state index contributed by atoms with van der Waals surface area (Å²) in [5.74, 6) is 0. The monoisotopic (exact) mass is 346 g/mol. The van der Waals surface area contributed by atoms with Crippen LogP contribution in [0, 0.1) is 20.8 Å². The first-order valence-corrected chi connectivity index (χ1v) is 8.14. The minimum absolute atomic E-state index is 0.275. The number of aromatic nitrogens is 1. The third-order valence-corrected chi connectivity index (χ3v) is 4.42. The maximum atomic E-state index is 4.60. The largest absolute Gasteiger partial charge is 0.304 e. The van der Waals surface area contributed by atoms with Gasteiger partial charge in [-0.3, -0.25) is 4.98 Å². The van der Waals surface area contributed by atoms with Gasteiger partial charge in [-0.1, -0.05) is 28.1 Å². The minimum Gasteiger partial charge on any atom is -0.304 e. The van der Waals surface area contributed by atoms with E-state index in [0.29, 0.717) is 6.04 Å². The normalized spacial score (nSPS) is 14.0. The van der Waals surface area contributed by atoms with Crippen LogP contribution >= 0.6 is 15.9 Å². The van der Waals surface area contributed by atoms with Crippen molar-refractivity contribution in [1.82, 2.24) is 10.3 Å². The zero-order chi connectivity index (χ0) is 15.6. The summed E-state index contributed by atoms with van der Waals surface area (Å²) in [6.07, 6.45) is 0. The second-order valence-corrected chi connectivity index (χ2v) is 6.66. The van der Waals surface area contributed by atoms with Crippen LogP contribution in [0.2, 0.25) is 0 Å². The Morgan fingerprint density at radius 1 is 1.00 bits per heavy atom. The van der Waals surface area contributed by atoms with Gasteiger partial charge in [-0.05, 0) is 69.5 Å². The maximum absolute atomic E-state index is 4.60. The second kappa shape index (κ2) is 6.71. The van der Waals surface area contributed by atoms with Crippen LogP contribution in [0.25, 0.3) is 0 Å². The third kappa shape index (κ3) is 3.92. The van der Waals surface area contributed by atoms with Gasteiger partial charge in [-0.15, -0.1) is 0 Å². The van der Waals surface area contributed by atoms with Crippen molar-refractivity contribution in [2.75, 3.05) is 0 Å². The fourth-order valence-corrected chi connectivity index (χ4v) is 3.26. The zero-order valence-corrected chi connectivity index (χ0v) is 15.0. The molecule has 0 aliphatic carbocycles. The standard InChI is InChI=1S/C18H23BrN2/c1-11-10-12(2)20-14(4)18(11)15(5)21-13(3)16-6-8-17(19)9-7-16/h6-10,13,15,21H,1-5H3/t13-,15?/m0/s1. The van der Waals surface area contributed by atoms with Gasteiger partial charge in [0.2, 0.25) is 0 Å². The molecule has 0 bridgehead atoms. The van der Waals surface area contributed by atoms with Crippen LogP contribution in [0.5, 0.6) is 0 Å². The van der Waals surface area contributed by atoms with E-state index in [9.17, 15) is 0 Å². The molecular formula is C18H23BrN2. The van der Waals surface area contributed by atoms with Gasteiger partial charge in [0.15, 0.2) is 0 Å². The van der Waals surface area contributed by atoms with Crippen molar-refractivity contribution in [2.24, 2.45) is 0 Å². The molecule has 1 heterocycles. The number of hydrogen-bond acceptors (Lipinski definition) is 2. The average molecular weight is 347 g/mol. The molecule has 1 unspecified atom stereocenters. The molecule has 21 heavy (non-hydrogen) atoms. The van der Waals surface area contributed by atoms with Gasteiger partial charge >= 0.3 is 0 Å². The Labute approximate surface area is 136 Å². The van der Waals surface area contributed by atoms with Gasteiger partial charge in [0.25, 0.3) is 0 Å². The summed E-state index contributed by atoms with van der Waals surface area (Å²) in [4.78, 5) is 4.60. The molecule has 1 aromatic carbocycles. The van der Waals surface area contributed by atoms with E-state index in [-0.39, 0.29) is 6.04 Å². The van der Waals surface area contributed by atoms with Gasteiger partial charge < -0.3 is 5.32 Å². The molecule has 0 spiro atoms. The summed E-state index contributed by atoms with van der Waals surface area (Å²) in [7, 11) is 0. The number of nitrogens with one attached hydrogen (secondary N) is 1. The molecule has 2 rings (SSSR count). The highest BCUT2D eigenvalue weighted by Gasteiger charge is 2.16. The first kappa shape index (κ1) is 16.2. The quantitative estimate of drug-likeness (QED) is 0.824. The predicted molar refractivity (Wildman–Crippen MR) is 92.6 cm³/mol. The zero-order valence-electron chi connectivity index (χ0n) is 13.4. The van der Waals surface area contributed by atoms with E-state index in [1.165, 1.54) is 16.7 Å². The van der Waals surface area contributed by atoms with E-state index in [1.54, 1.807) is 0 Å². The molecule has 1 N–H and O–H groups in total. The van der Waals surface area contributed by atoms with Crippen molar-refractivity contribution in [1.29, 1.82) is 0 Å². The lowest BCUT2D eigenvalue weighted by molar-refractivity contribution is 0.490. The van der Waals surface area contributed by atoms with Crippen molar-refractivity contribution in [2.45, 2.75) is 46.7 Å². The lowest BCUT2D eigenvalue weighted by Crippen LogP contribution is -2.24. The molecule has 0 aliphatic heterocycles. The van der Waals surface area contributed by atoms with Crippen molar-refractivity contribution in [3.8, 4) is 0 Å². The molecule has 0 saturated carbocycles. The van der Waals surface area contributed by atoms with Crippen molar-refractivity contribution in [3.63, 3.8) is 0 Å². The number of pyridine rings is 1. The Hall–Kier alpha value is -1.19. The lowest BCUT2D eigenvalue weighted by atomic mass is 9.98. The van der Waals surface area contributed by atoms with Crippen LogP contribution in [-0.2, 0) is 0 Å². The highest BCUT2D eigenvalue weighted by Crippen LogP contribution is 2.25. The Balaban J connectivity index is 2.18. The molecule has 0 aliphatic rings. The molecule has 2 aromatic rings. The number of hydrogen-bond donors (Lipinski definition) is 1. The molecule has 2 nitrogen and oxygen atoms in total. The van der Waals surface area contributed by atoms with Crippen molar-refractivity contribution >= 4 is 15.9 Å². The summed E-state index contributed by atoms with van der Waals surface area (Å²) in [5.41, 5.74) is 6.12. The highest BCUT2D eigenvalue weighted by molar-refractivity contribution is 9.10. The Kier molecular flexibility index (Phi) is 5.17. The smallest absolute Gasteiger partial charge is 0.0426 e. The van der Waals surface area contributed by atoms with Gasteiger partial charge in [0.05, 0.1) is 0 Å². The van der Waals surface area contributed by atoms with E-state index in [1.807, 2.05) is 6.92 Å². The van der Waals surface area contributed by atoms with E-state index < -0.39 is 0 Å². The fourth-order valence-electron chi connectivity index (χ4n) is 2.99. The first-order valence-electron chi connectivity index (χ1n) is 7.34. The summed E-state index contributed by atoms with van der Waals surface area (Å²) in [6.45, 7) is 10.7. The average Bonchev–Trinajstić information content (AvgIpc) is 2.37. The van der Waals surface area contributed by atoms with E-state index in [4.69, 9.17) is 0 Å². The van der Waals surface area contributed by atoms with Crippen LogP contribution in [0.1, 0.15) is 54.0 Å². The molecule has 2 atom stereocenters. The number of nitrogens with zero attached hydrogens (tertiary/aromatic N) is 1. The Morgan fingerprint density at radius 2 is 1.62 bits per heavy atom. The van der Waals surface area contributed by atoms with Crippen LogP contribution in [0.3, 0.4) is 0 Å². The molecule has 0 amide bonds. The molecule has 0 saturated heterocycles. The van der Waals surface area contributed by atoms with Gasteiger partial charge in [0.1, 0.15) is 0 Å². The Bertz CT molecular complexity index is 597. The number of aryl methyl sites for hydroxylation is 3. The molecule has 112 valence electrons. The van der Waals surface area contributed by atoms with Gasteiger partial charge in [-0.25, -0.2) is 0 Å². The van der Waals surface area contributed by atoms with Gasteiger partial charge in [0, 0.05) is 27.9 Å². The van der Waals surface area contributed by atoms with E-state index in [0.717, 1.165) is 15.9 Å². The molecule has 0 radical (unpaired) electrons. The maximum Gasteiger partial charge on any atom is 0.0426 e. The summed E-state index contributed by atoms with van der Waals surface area (Å²) >= 11 is 3.48. The highest BCUT2D eigenvalue weighted by atomic mass is 79.9. The van der Waals surface area contributed by atoms with Crippen LogP contribution in [0.15, 0.2) is 34.8 Å². The summed E-state index contributed by atoms with van der Waals surface area (Å²) in [6, 6.07) is 11.2. The third-order valence-electron chi connectivity index (χ3n) is 3.89. The summed E-state index contributed by atoms with van der Waals surface area (Å²) in [5, 5.41) is 3.68. The first-order chi connectivity index (χ1) is 9.88.